The van der Waals surface area contributed by atoms with Crippen LogP contribution in [0.2, 0.25) is 0 Å². The van der Waals surface area contributed by atoms with Gasteiger partial charge in [-0.1, -0.05) is 0 Å². The molecule has 1 unspecified atom stereocenters. The molecule has 1 heterocycles. The van der Waals surface area contributed by atoms with Gasteiger partial charge in [-0.2, -0.15) is 15.6 Å². The first-order chi connectivity index (χ1) is 8.10. The molecule has 0 radical (unpaired) electrons. The van der Waals surface area contributed by atoms with Crippen molar-refractivity contribution in [3.8, 4) is 12.1 Å². The van der Waals surface area contributed by atoms with E-state index in [1.165, 1.54) is 10.9 Å². The molecule has 1 amide bonds. The minimum absolute atomic E-state index is 0.152. The summed E-state index contributed by atoms with van der Waals surface area (Å²) in [5, 5.41) is 21.0. The number of aryl methyl sites for hydroxylation is 1. The molecule has 0 fully saturated rings. The Hall–Kier alpha value is -2.38. The molecule has 0 saturated heterocycles. The number of carbonyl (C=O) groups is 1. The van der Waals surface area contributed by atoms with Crippen LogP contribution in [0.1, 0.15) is 11.6 Å². The fourth-order valence-corrected chi connectivity index (χ4v) is 1.32. The lowest BCUT2D eigenvalue weighted by Crippen LogP contribution is -2.39. The van der Waals surface area contributed by atoms with E-state index in [2.05, 4.69) is 5.10 Å². The van der Waals surface area contributed by atoms with Crippen LogP contribution in [0.3, 0.4) is 0 Å². The van der Waals surface area contributed by atoms with Crippen LogP contribution in [0.5, 0.6) is 0 Å². The lowest BCUT2D eigenvalue weighted by atomic mass is 10.1. The normalized spacial score (nSPS) is 11.3. The first kappa shape index (κ1) is 12.7. The van der Waals surface area contributed by atoms with E-state index in [4.69, 9.17) is 16.3 Å². The van der Waals surface area contributed by atoms with E-state index in [0.717, 1.165) is 4.90 Å². The zero-order chi connectivity index (χ0) is 12.8. The van der Waals surface area contributed by atoms with Crippen molar-refractivity contribution in [1.82, 2.24) is 14.7 Å². The summed E-state index contributed by atoms with van der Waals surface area (Å²) < 4.78 is 1.53. The Morgan fingerprint density at radius 2 is 2.18 bits per heavy atom. The van der Waals surface area contributed by atoms with Crippen LogP contribution in [-0.2, 0) is 11.8 Å². The number of nitriles is 2. The van der Waals surface area contributed by atoms with Gasteiger partial charge in [-0.25, -0.2) is 0 Å². The number of nitrogens with two attached hydrogens (primary N) is 1. The highest BCUT2D eigenvalue weighted by atomic mass is 16.2. The predicted molar refractivity (Wildman–Crippen MR) is 57.9 cm³/mol. The molecule has 0 aliphatic rings. The summed E-state index contributed by atoms with van der Waals surface area (Å²) in [5.41, 5.74) is 6.30. The van der Waals surface area contributed by atoms with Crippen LogP contribution >= 0.6 is 0 Å². The molecule has 2 N–H and O–H groups in total. The number of aromatic nitrogens is 2. The second-order valence-electron chi connectivity index (χ2n) is 3.44. The third-order valence-electron chi connectivity index (χ3n) is 2.18. The van der Waals surface area contributed by atoms with E-state index in [-0.39, 0.29) is 13.1 Å². The van der Waals surface area contributed by atoms with E-state index in [0.29, 0.717) is 5.56 Å². The molecule has 17 heavy (non-hydrogen) atoms. The summed E-state index contributed by atoms with van der Waals surface area (Å²) in [5.74, 6) is -0.457. The second-order valence-corrected chi connectivity index (χ2v) is 3.44. The maximum absolute atomic E-state index is 11.9. The van der Waals surface area contributed by atoms with Crippen LogP contribution in [0.4, 0.5) is 0 Å². The molecule has 1 atom stereocenters. The zero-order valence-electron chi connectivity index (χ0n) is 9.37. The molecule has 1 aromatic heterocycles. The summed E-state index contributed by atoms with van der Waals surface area (Å²) >= 11 is 0. The summed E-state index contributed by atoms with van der Waals surface area (Å²) in [6.07, 6.45) is 3.11. The van der Waals surface area contributed by atoms with Gasteiger partial charge in [0.25, 0.3) is 0 Å². The number of carbonyl (C=O) groups excluding carboxylic acids is 1. The fraction of sp³-hybridized carbons (Fsp3) is 0.400. The minimum atomic E-state index is -0.898. The number of hydrogen-bond acceptors (Lipinski definition) is 5. The maximum Gasteiger partial charge on any atom is 0.245 e. The number of rotatable bonds is 4. The van der Waals surface area contributed by atoms with Crippen molar-refractivity contribution in [3.05, 3.63) is 18.0 Å². The van der Waals surface area contributed by atoms with Gasteiger partial charge in [0.15, 0.2) is 0 Å². The quantitative estimate of drug-likeness (QED) is 0.689. The van der Waals surface area contributed by atoms with Gasteiger partial charge in [0.05, 0.1) is 18.3 Å². The Morgan fingerprint density at radius 3 is 2.59 bits per heavy atom. The van der Waals surface area contributed by atoms with Crippen LogP contribution in [0, 0.1) is 22.7 Å². The van der Waals surface area contributed by atoms with Gasteiger partial charge >= 0.3 is 0 Å². The molecule has 1 aromatic rings. The maximum atomic E-state index is 11.9. The molecule has 0 bridgehead atoms. The zero-order valence-corrected chi connectivity index (χ0v) is 9.37. The Bertz CT molecular complexity index is 464. The molecule has 1 rings (SSSR count). The molecule has 0 aliphatic heterocycles. The van der Waals surface area contributed by atoms with Crippen molar-refractivity contribution in [3.63, 3.8) is 0 Å². The summed E-state index contributed by atoms with van der Waals surface area (Å²) in [7, 11) is 1.71. The smallest absolute Gasteiger partial charge is 0.245 e. The first-order valence-corrected chi connectivity index (χ1v) is 4.87. The Labute approximate surface area is 98.6 Å². The van der Waals surface area contributed by atoms with E-state index in [1.807, 2.05) is 12.1 Å². The van der Waals surface area contributed by atoms with Gasteiger partial charge in [-0.05, 0) is 0 Å². The highest BCUT2D eigenvalue weighted by Gasteiger charge is 2.23. The Morgan fingerprint density at radius 1 is 1.59 bits per heavy atom. The summed E-state index contributed by atoms with van der Waals surface area (Å²) in [4.78, 5) is 13.0. The van der Waals surface area contributed by atoms with Crippen LogP contribution in [-0.4, -0.2) is 33.7 Å². The molecule has 0 saturated carbocycles. The molecule has 7 heteroatoms. The molecule has 7 nitrogen and oxygen atoms in total. The monoisotopic (exact) mass is 232 g/mol. The molecule has 0 aliphatic carbocycles. The molecular weight excluding hydrogens is 220 g/mol. The van der Waals surface area contributed by atoms with Crippen molar-refractivity contribution < 1.29 is 4.79 Å². The largest absolute Gasteiger partial charge is 0.316 e. The predicted octanol–water partition coefficient (Wildman–Crippen LogP) is -0.704. The van der Waals surface area contributed by atoms with Gasteiger partial charge in [0.2, 0.25) is 5.91 Å². The highest BCUT2D eigenvalue weighted by Crippen LogP contribution is 2.11. The van der Waals surface area contributed by atoms with Gasteiger partial charge in [-0.15, -0.1) is 0 Å². The van der Waals surface area contributed by atoms with E-state index < -0.39 is 11.9 Å². The van der Waals surface area contributed by atoms with Crippen LogP contribution < -0.4 is 5.73 Å². The van der Waals surface area contributed by atoms with E-state index >= 15 is 0 Å². The Balaban J connectivity index is 2.81. The lowest BCUT2D eigenvalue weighted by molar-refractivity contribution is -0.131. The van der Waals surface area contributed by atoms with Gasteiger partial charge in [0.1, 0.15) is 19.1 Å². The Kier molecular flexibility index (Phi) is 4.21. The number of hydrogen-bond donors (Lipinski definition) is 1. The van der Waals surface area contributed by atoms with Crippen molar-refractivity contribution in [1.29, 1.82) is 10.5 Å². The SMILES string of the molecule is Cn1cc(C(N)C(=O)N(CC#N)CC#N)cn1. The summed E-state index contributed by atoms with van der Waals surface area (Å²) in [6.45, 7) is -0.305. The fourth-order valence-electron chi connectivity index (χ4n) is 1.32. The molecule has 0 aromatic carbocycles. The average molecular weight is 232 g/mol. The van der Waals surface area contributed by atoms with Crippen LogP contribution in [0.25, 0.3) is 0 Å². The number of amides is 1. The van der Waals surface area contributed by atoms with Gasteiger partial charge in [-0.3, -0.25) is 9.48 Å². The van der Waals surface area contributed by atoms with Crippen molar-refractivity contribution >= 4 is 5.91 Å². The second kappa shape index (κ2) is 5.64. The van der Waals surface area contributed by atoms with Crippen molar-refractivity contribution in [2.75, 3.05) is 13.1 Å². The van der Waals surface area contributed by atoms with E-state index in [9.17, 15) is 4.79 Å². The average Bonchev–Trinajstić information content (AvgIpc) is 2.73. The standard InChI is InChI=1S/C10H12N6O/c1-15-7-8(6-14-15)9(13)10(17)16(4-2-11)5-3-12/h6-7,9H,4-5,13H2,1H3. The third kappa shape index (κ3) is 3.03. The molecular formula is C10H12N6O. The van der Waals surface area contributed by atoms with Crippen LogP contribution in [0.15, 0.2) is 12.4 Å². The van der Waals surface area contributed by atoms with Crippen molar-refractivity contribution in [2.45, 2.75) is 6.04 Å². The topological polar surface area (TPSA) is 112 Å². The van der Waals surface area contributed by atoms with Crippen molar-refractivity contribution in [2.24, 2.45) is 12.8 Å². The minimum Gasteiger partial charge on any atom is -0.316 e. The van der Waals surface area contributed by atoms with E-state index in [1.54, 1.807) is 13.2 Å². The molecule has 0 spiro atoms. The molecule has 88 valence electrons. The van der Waals surface area contributed by atoms with Gasteiger partial charge in [0, 0.05) is 18.8 Å². The first-order valence-electron chi connectivity index (χ1n) is 4.87. The highest BCUT2D eigenvalue weighted by molar-refractivity contribution is 5.83. The summed E-state index contributed by atoms with van der Waals surface area (Å²) in [6, 6.07) is 2.75. The number of nitrogens with zero attached hydrogens (tertiary/aromatic N) is 5. The third-order valence-corrected chi connectivity index (χ3v) is 2.18. The lowest BCUT2D eigenvalue weighted by Gasteiger charge is -2.19. The van der Waals surface area contributed by atoms with Gasteiger partial charge < -0.3 is 10.6 Å².